The van der Waals surface area contributed by atoms with Crippen LogP contribution in [0.5, 0.6) is 0 Å². The van der Waals surface area contributed by atoms with Gasteiger partial charge in [0.05, 0.1) is 18.1 Å². The van der Waals surface area contributed by atoms with E-state index in [4.69, 9.17) is 4.74 Å². The van der Waals surface area contributed by atoms with Gasteiger partial charge in [-0.15, -0.1) is 0 Å². The van der Waals surface area contributed by atoms with Gasteiger partial charge in [-0.25, -0.2) is 0 Å². The highest BCUT2D eigenvalue weighted by Crippen LogP contribution is 2.75. The number of ketones is 2. The zero-order valence-corrected chi connectivity index (χ0v) is 15.2. The molecule has 0 aromatic heterocycles. The highest BCUT2D eigenvalue weighted by molar-refractivity contribution is 6.06. The minimum Gasteiger partial charge on any atom is -0.391 e. The summed E-state index contributed by atoms with van der Waals surface area (Å²) in [6.07, 6.45) is -0.502. The number of carbonyl (C=O) groups is 2. The number of Topliss-reactive ketones (excluding diaryl/α,β-unsaturated/α-hetero) is 2. The van der Waals surface area contributed by atoms with Crippen LogP contribution in [-0.4, -0.2) is 51.5 Å². The molecule has 2 spiro atoms. The zero-order valence-electron chi connectivity index (χ0n) is 15.2. The van der Waals surface area contributed by atoms with Gasteiger partial charge >= 0.3 is 0 Å². The Kier molecular flexibility index (Phi) is 2.94. The van der Waals surface area contributed by atoms with E-state index in [1.165, 1.54) is 0 Å². The van der Waals surface area contributed by atoms with Crippen LogP contribution in [0.4, 0.5) is 0 Å². The number of aliphatic hydroxyl groups excluding tert-OH is 2. The number of hydrogen-bond donors (Lipinski definition) is 3. The normalized spacial score (nSPS) is 57.1. The third-order valence-corrected chi connectivity index (χ3v) is 8.65. The molecule has 0 aromatic rings. The van der Waals surface area contributed by atoms with Crippen LogP contribution in [0.15, 0.2) is 12.2 Å². The molecule has 0 radical (unpaired) electrons. The molecule has 4 bridgehead atoms. The second-order valence-electron chi connectivity index (χ2n) is 9.76. The number of aliphatic hydroxyl groups is 3. The van der Waals surface area contributed by atoms with Crippen LogP contribution in [0.25, 0.3) is 0 Å². The summed E-state index contributed by atoms with van der Waals surface area (Å²) in [6.45, 7) is 7.86. The number of carbonyl (C=O) groups excluding carboxylic acids is 2. The van der Waals surface area contributed by atoms with E-state index in [1.54, 1.807) is 0 Å². The summed E-state index contributed by atoms with van der Waals surface area (Å²) in [4.78, 5) is 26.6. The lowest BCUT2D eigenvalue weighted by atomic mass is 9.36. The maximum atomic E-state index is 13.3. The Hall–Kier alpha value is -1.08. The van der Waals surface area contributed by atoms with Crippen LogP contribution in [0.1, 0.15) is 39.5 Å². The van der Waals surface area contributed by atoms with Crippen LogP contribution < -0.4 is 0 Å². The molecular formula is C20H26O6. The standard InChI is InChI=1S/C20H26O6/c1-9-10-4-5-11-18-8-26-20(25,19(11,14(9)22)15(10)23)16(24)13(18)17(2,3)7-6-12(18)21/h10-11,13,15-16,23-25H,1,4-8H2,2-3H3/t10?,11-,13+,15+,16-,18?,19?,20-/m0/s1. The SMILES string of the molecule is C=C1C(=O)C23[C@H](O)C1CC[C@H]2C12CO[C@@]3(O)[C@@H](O)[C@@H]1C(C)(C)CCC2=O. The molecule has 4 aliphatic carbocycles. The summed E-state index contributed by atoms with van der Waals surface area (Å²) in [6, 6.07) is 0. The second-order valence-corrected chi connectivity index (χ2v) is 9.76. The third kappa shape index (κ3) is 1.36. The number of rotatable bonds is 0. The van der Waals surface area contributed by atoms with Gasteiger partial charge in [-0.2, -0.15) is 0 Å². The van der Waals surface area contributed by atoms with Gasteiger partial charge in [0, 0.05) is 18.3 Å². The maximum absolute atomic E-state index is 13.3. The lowest BCUT2D eigenvalue weighted by Gasteiger charge is -2.72. The average Bonchev–Trinajstić information content (AvgIpc) is 2.69. The molecule has 2 saturated heterocycles. The third-order valence-electron chi connectivity index (χ3n) is 8.65. The maximum Gasteiger partial charge on any atom is 0.208 e. The summed E-state index contributed by atoms with van der Waals surface area (Å²) in [5.74, 6) is -4.12. The Morgan fingerprint density at radius 2 is 1.85 bits per heavy atom. The molecule has 6 nitrogen and oxygen atoms in total. The first-order valence-electron chi connectivity index (χ1n) is 9.56. The summed E-state index contributed by atoms with van der Waals surface area (Å²) in [5, 5.41) is 33.9. The van der Waals surface area contributed by atoms with E-state index < -0.39 is 52.4 Å². The van der Waals surface area contributed by atoms with Crippen LogP contribution in [0, 0.1) is 34.0 Å². The molecule has 0 amide bonds. The summed E-state index contributed by atoms with van der Waals surface area (Å²) >= 11 is 0. The van der Waals surface area contributed by atoms with Crippen molar-refractivity contribution >= 4 is 11.6 Å². The van der Waals surface area contributed by atoms with Gasteiger partial charge < -0.3 is 20.1 Å². The van der Waals surface area contributed by atoms with Crippen molar-refractivity contribution in [3.63, 3.8) is 0 Å². The minimum absolute atomic E-state index is 0.00293. The van der Waals surface area contributed by atoms with Crippen molar-refractivity contribution in [3.8, 4) is 0 Å². The molecule has 6 fully saturated rings. The Bertz CT molecular complexity index is 757. The lowest BCUT2D eigenvalue weighted by Crippen LogP contribution is -2.85. The molecule has 26 heavy (non-hydrogen) atoms. The molecule has 0 aromatic carbocycles. The van der Waals surface area contributed by atoms with Gasteiger partial charge in [0.1, 0.15) is 17.3 Å². The quantitative estimate of drug-likeness (QED) is 0.545. The van der Waals surface area contributed by atoms with Gasteiger partial charge in [-0.05, 0) is 36.2 Å². The first kappa shape index (κ1) is 17.0. The lowest BCUT2D eigenvalue weighted by molar-refractivity contribution is -0.437. The van der Waals surface area contributed by atoms with Crippen molar-refractivity contribution in [1.82, 2.24) is 0 Å². The Labute approximate surface area is 152 Å². The summed E-state index contributed by atoms with van der Waals surface area (Å²) < 4.78 is 5.74. The fourth-order valence-electron chi connectivity index (χ4n) is 7.63. The van der Waals surface area contributed by atoms with Gasteiger partial charge in [0.2, 0.25) is 5.79 Å². The Balaban J connectivity index is 1.83. The summed E-state index contributed by atoms with van der Waals surface area (Å²) in [7, 11) is 0. The highest BCUT2D eigenvalue weighted by Gasteiger charge is 2.87. The van der Waals surface area contributed by atoms with Gasteiger partial charge in [-0.3, -0.25) is 9.59 Å². The van der Waals surface area contributed by atoms with Crippen molar-refractivity contribution in [1.29, 1.82) is 0 Å². The fraction of sp³-hybridized carbons (Fsp3) is 0.800. The number of fused-ring (bicyclic) bond motifs is 2. The van der Waals surface area contributed by atoms with Gasteiger partial charge in [0.15, 0.2) is 5.78 Å². The molecule has 4 saturated carbocycles. The Morgan fingerprint density at radius 3 is 2.54 bits per heavy atom. The molecular weight excluding hydrogens is 336 g/mol. The first-order valence-corrected chi connectivity index (χ1v) is 9.56. The van der Waals surface area contributed by atoms with E-state index in [0.29, 0.717) is 25.7 Å². The minimum atomic E-state index is -2.19. The van der Waals surface area contributed by atoms with E-state index in [0.717, 1.165) is 0 Å². The van der Waals surface area contributed by atoms with E-state index in [2.05, 4.69) is 6.58 Å². The Morgan fingerprint density at radius 1 is 1.15 bits per heavy atom. The molecule has 8 atom stereocenters. The smallest absolute Gasteiger partial charge is 0.208 e. The molecule has 6 heteroatoms. The topological polar surface area (TPSA) is 104 Å². The second kappa shape index (κ2) is 4.49. The van der Waals surface area contributed by atoms with E-state index in [9.17, 15) is 24.9 Å². The van der Waals surface area contributed by atoms with Crippen molar-refractivity contribution in [3.05, 3.63) is 12.2 Å². The highest BCUT2D eigenvalue weighted by atomic mass is 16.6. The van der Waals surface area contributed by atoms with Gasteiger partial charge in [-0.1, -0.05) is 20.4 Å². The molecule has 6 rings (SSSR count). The van der Waals surface area contributed by atoms with Crippen molar-refractivity contribution in [2.75, 3.05) is 6.61 Å². The first-order chi connectivity index (χ1) is 12.1. The van der Waals surface area contributed by atoms with Crippen molar-refractivity contribution in [2.24, 2.45) is 34.0 Å². The van der Waals surface area contributed by atoms with E-state index in [1.807, 2.05) is 13.8 Å². The van der Waals surface area contributed by atoms with Crippen LogP contribution in [0.2, 0.25) is 0 Å². The number of ether oxygens (including phenoxy) is 1. The molecule has 142 valence electrons. The molecule has 2 heterocycles. The van der Waals surface area contributed by atoms with Crippen LogP contribution in [0.3, 0.4) is 0 Å². The van der Waals surface area contributed by atoms with Gasteiger partial charge in [0.25, 0.3) is 0 Å². The summed E-state index contributed by atoms with van der Waals surface area (Å²) in [5.41, 5.74) is -2.83. The number of hydrogen-bond acceptors (Lipinski definition) is 6. The molecule has 3 unspecified atom stereocenters. The van der Waals surface area contributed by atoms with Crippen LogP contribution in [-0.2, 0) is 14.3 Å². The monoisotopic (exact) mass is 362 g/mol. The predicted octanol–water partition coefficient (Wildman–Crippen LogP) is 0.584. The van der Waals surface area contributed by atoms with Crippen LogP contribution >= 0.6 is 0 Å². The zero-order chi connectivity index (χ0) is 18.9. The molecule has 2 aliphatic heterocycles. The predicted molar refractivity (Wildman–Crippen MR) is 89.7 cm³/mol. The molecule has 6 aliphatic rings. The van der Waals surface area contributed by atoms with E-state index >= 15 is 0 Å². The van der Waals surface area contributed by atoms with Crippen molar-refractivity contribution < 1.29 is 29.6 Å². The fourth-order valence-corrected chi connectivity index (χ4v) is 7.63. The molecule has 3 N–H and O–H groups in total. The average molecular weight is 362 g/mol. The largest absolute Gasteiger partial charge is 0.391 e. The van der Waals surface area contributed by atoms with Crippen molar-refractivity contribution in [2.45, 2.75) is 57.5 Å². The van der Waals surface area contributed by atoms with E-state index in [-0.39, 0.29) is 23.4 Å².